The van der Waals surface area contributed by atoms with Crippen LogP contribution in [0.5, 0.6) is 23.0 Å². The van der Waals surface area contributed by atoms with Crippen LogP contribution in [0, 0.1) is 0 Å². The maximum absolute atomic E-state index is 12.7. The maximum atomic E-state index is 12.7. The van der Waals surface area contributed by atoms with Crippen LogP contribution in [-0.4, -0.2) is 36.1 Å². The van der Waals surface area contributed by atoms with Gasteiger partial charge in [0.1, 0.15) is 42.6 Å². The van der Waals surface area contributed by atoms with Crippen molar-refractivity contribution in [3.63, 3.8) is 0 Å². The quantitative estimate of drug-likeness (QED) is 0.0175. The van der Waals surface area contributed by atoms with Crippen molar-refractivity contribution in [2.75, 3.05) is 0 Å². The van der Waals surface area contributed by atoms with Crippen LogP contribution in [0.3, 0.4) is 0 Å². The lowest BCUT2D eigenvalue weighted by Gasteiger charge is -2.13. The molecule has 6 aromatic rings. The zero-order chi connectivity index (χ0) is 53.0. The number of hydrogen-bond acceptors (Lipinski definition) is 10. The number of carbonyl (C=O) groups excluding carboxylic acids is 4. The molecule has 0 aromatic heterocycles. The van der Waals surface area contributed by atoms with Crippen molar-refractivity contribution < 1.29 is 47.6 Å². The summed E-state index contributed by atoms with van der Waals surface area (Å²) in [6.07, 6.45) is 18.2. The average molecular weight is 1020 g/mol. The van der Waals surface area contributed by atoms with Crippen LogP contribution in [-0.2, 0) is 32.3 Å². The average Bonchev–Trinajstić information content (AvgIpc) is 3.42. The minimum Gasteiger partial charge on any atom is -0.489 e. The number of rotatable bonds is 32. The van der Waals surface area contributed by atoms with Gasteiger partial charge >= 0.3 is 23.9 Å². The molecule has 0 saturated carbocycles. The third kappa shape index (κ3) is 20.6. The molecule has 0 spiro atoms. The fourth-order valence-corrected chi connectivity index (χ4v) is 8.58. The molecular formula is C65H76O10. The van der Waals surface area contributed by atoms with Crippen LogP contribution in [0.25, 0.3) is 22.3 Å². The van der Waals surface area contributed by atoms with Gasteiger partial charge in [-0.2, -0.15) is 0 Å². The predicted molar refractivity (Wildman–Crippen MR) is 296 cm³/mol. The highest BCUT2D eigenvalue weighted by molar-refractivity contribution is 5.93. The highest BCUT2D eigenvalue weighted by atomic mass is 16.6. The van der Waals surface area contributed by atoms with Gasteiger partial charge < -0.3 is 28.4 Å². The maximum Gasteiger partial charge on any atom is 0.338 e. The van der Waals surface area contributed by atoms with E-state index in [0.717, 1.165) is 59.1 Å². The van der Waals surface area contributed by atoms with Crippen LogP contribution in [0.2, 0.25) is 0 Å². The lowest BCUT2D eigenvalue weighted by atomic mass is 10.1. The van der Waals surface area contributed by atoms with Gasteiger partial charge in [-0.25, -0.2) is 9.59 Å². The minimum atomic E-state index is -0.734. The van der Waals surface area contributed by atoms with E-state index in [4.69, 9.17) is 28.4 Å². The second-order valence-electron chi connectivity index (χ2n) is 19.4. The molecule has 10 nitrogen and oxygen atoms in total. The zero-order valence-electron chi connectivity index (χ0n) is 44.5. The number of unbranched alkanes of at least 4 members (excludes halogenated alkanes) is 12. The van der Waals surface area contributed by atoms with Crippen LogP contribution in [0.15, 0.2) is 146 Å². The summed E-state index contributed by atoms with van der Waals surface area (Å²) < 4.78 is 34.3. The van der Waals surface area contributed by atoms with Crippen LogP contribution < -0.4 is 18.9 Å². The standard InChI is InChI=1S/C65H76O10/c1-5-7-9-11-13-15-17-19-48(3)72-64(68)56-25-21-50(22-26-56)46-70-58-37-29-52(30-38-58)54-33-41-60(42-34-54)74-62(66)45-63(67)75-61-43-35-55(36-44-61)53-31-39-59(40-32-53)71-47-51-23-27-57(28-24-51)65(69)73-49(4)20-18-16-14-12-10-8-6-2/h21-44,48-49H,5-20,45-47H2,1-4H3. The molecule has 0 bridgehead atoms. The van der Waals surface area contributed by atoms with Crippen molar-refractivity contribution in [3.8, 4) is 45.3 Å². The summed E-state index contributed by atoms with van der Waals surface area (Å²) in [5.41, 5.74) is 6.62. The molecule has 2 atom stereocenters. The summed E-state index contributed by atoms with van der Waals surface area (Å²) in [4.78, 5) is 50.7. The molecule has 6 rings (SSSR count). The van der Waals surface area contributed by atoms with Gasteiger partial charge in [-0.05, 0) is 146 Å². The van der Waals surface area contributed by atoms with Crippen molar-refractivity contribution in [2.45, 2.75) is 162 Å². The Morgan fingerprint density at radius 3 is 0.973 bits per heavy atom. The Morgan fingerprint density at radius 1 is 0.360 bits per heavy atom. The third-order valence-corrected chi connectivity index (χ3v) is 13.1. The van der Waals surface area contributed by atoms with E-state index in [0.29, 0.717) is 47.3 Å². The summed E-state index contributed by atoms with van der Waals surface area (Å²) in [7, 11) is 0. The number of hydrogen-bond donors (Lipinski definition) is 0. The molecule has 6 aromatic carbocycles. The molecule has 0 radical (unpaired) electrons. The van der Waals surface area contributed by atoms with Gasteiger partial charge in [-0.15, -0.1) is 0 Å². The van der Waals surface area contributed by atoms with Crippen LogP contribution in [0.1, 0.15) is 169 Å². The first-order valence-corrected chi connectivity index (χ1v) is 27.2. The number of esters is 4. The van der Waals surface area contributed by atoms with Crippen molar-refractivity contribution in [1.29, 1.82) is 0 Å². The van der Waals surface area contributed by atoms with Crippen LogP contribution in [0.4, 0.5) is 0 Å². The largest absolute Gasteiger partial charge is 0.489 e. The Hall–Kier alpha value is -7.20. The number of ether oxygens (including phenoxy) is 6. The second kappa shape index (κ2) is 31.5. The van der Waals surface area contributed by atoms with Gasteiger partial charge in [0.2, 0.25) is 0 Å². The van der Waals surface area contributed by atoms with Gasteiger partial charge in [-0.1, -0.05) is 164 Å². The molecule has 0 fully saturated rings. The molecule has 75 heavy (non-hydrogen) atoms. The molecule has 0 aliphatic rings. The Kier molecular flexibility index (Phi) is 24.0. The predicted octanol–water partition coefficient (Wildman–Crippen LogP) is 16.5. The topological polar surface area (TPSA) is 124 Å². The Labute approximate surface area is 445 Å². The van der Waals surface area contributed by atoms with Gasteiger partial charge in [-0.3, -0.25) is 9.59 Å². The molecule has 396 valence electrons. The summed E-state index contributed by atoms with van der Waals surface area (Å²) in [5.74, 6) is -0.0662. The molecule has 0 amide bonds. The molecule has 2 unspecified atom stereocenters. The number of benzene rings is 6. The minimum absolute atomic E-state index is 0.111. The van der Waals surface area contributed by atoms with E-state index in [9.17, 15) is 19.2 Å². The fraction of sp³-hybridized carbons (Fsp3) is 0.385. The highest BCUT2D eigenvalue weighted by Crippen LogP contribution is 2.28. The molecule has 0 aliphatic carbocycles. The van der Waals surface area contributed by atoms with Crippen molar-refractivity contribution in [2.24, 2.45) is 0 Å². The molecule has 0 N–H and O–H groups in total. The normalized spacial score (nSPS) is 11.8. The molecule has 10 heteroatoms. The van der Waals surface area contributed by atoms with E-state index >= 15 is 0 Å². The summed E-state index contributed by atoms with van der Waals surface area (Å²) >= 11 is 0. The first-order chi connectivity index (χ1) is 36.5. The summed E-state index contributed by atoms with van der Waals surface area (Å²) in [5, 5.41) is 0. The van der Waals surface area contributed by atoms with Crippen molar-refractivity contribution in [1.82, 2.24) is 0 Å². The first-order valence-electron chi connectivity index (χ1n) is 27.2. The molecular weight excluding hydrogens is 941 g/mol. The van der Waals surface area contributed by atoms with Gasteiger partial charge in [0.15, 0.2) is 0 Å². The van der Waals surface area contributed by atoms with Gasteiger partial charge in [0.25, 0.3) is 0 Å². The van der Waals surface area contributed by atoms with Gasteiger partial charge in [0, 0.05) is 0 Å². The number of carbonyl (C=O) groups is 4. The Morgan fingerprint density at radius 2 is 0.653 bits per heavy atom. The monoisotopic (exact) mass is 1020 g/mol. The van der Waals surface area contributed by atoms with E-state index in [-0.39, 0.29) is 24.1 Å². The van der Waals surface area contributed by atoms with Crippen molar-refractivity contribution in [3.05, 3.63) is 168 Å². The molecule has 0 heterocycles. The van der Waals surface area contributed by atoms with E-state index < -0.39 is 18.4 Å². The lowest BCUT2D eigenvalue weighted by molar-refractivity contribution is -0.144. The fourth-order valence-electron chi connectivity index (χ4n) is 8.58. The Balaban J connectivity index is 0.851. The SMILES string of the molecule is CCCCCCCCCC(C)OC(=O)c1ccc(COc2ccc(-c3ccc(OC(=O)CC(=O)Oc4ccc(-c5ccc(OCc6ccc(C(=O)OC(C)CCCCCCCCC)cc6)cc5)cc4)cc3)cc2)cc1. The van der Waals surface area contributed by atoms with Crippen LogP contribution >= 0.6 is 0 Å². The molecule has 0 aliphatic heterocycles. The smallest absolute Gasteiger partial charge is 0.338 e. The summed E-state index contributed by atoms with van der Waals surface area (Å²) in [6, 6.07) is 44.0. The van der Waals surface area contributed by atoms with Crippen molar-refractivity contribution >= 4 is 23.9 Å². The molecule has 0 saturated heterocycles. The Bertz CT molecular complexity index is 2440. The third-order valence-electron chi connectivity index (χ3n) is 13.1. The lowest BCUT2D eigenvalue weighted by Crippen LogP contribution is -2.18. The second-order valence-corrected chi connectivity index (χ2v) is 19.4. The zero-order valence-corrected chi connectivity index (χ0v) is 44.5. The van der Waals surface area contributed by atoms with E-state index in [1.165, 1.54) is 77.0 Å². The van der Waals surface area contributed by atoms with Gasteiger partial charge in [0.05, 0.1) is 23.3 Å². The van der Waals surface area contributed by atoms with E-state index in [1.54, 1.807) is 48.5 Å². The summed E-state index contributed by atoms with van der Waals surface area (Å²) in [6.45, 7) is 9.06. The van der Waals surface area contributed by atoms with E-state index in [2.05, 4.69) is 13.8 Å². The first kappa shape index (κ1) is 57.1. The highest BCUT2D eigenvalue weighted by Gasteiger charge is 2.16. The van der Waals surface area contributed by atoms with E-state index in [1.807, 2.05) is 111 Å².